The number of hydrogen-bond acceptors (Lipinski definition) is 5. The molecule has 1 heterocycles. The Labute approximate surface area is 206 Å². The first kappa shape index (κ1) is 23.1. The van der Waals surface area contributed by atoms with Gasteiger partial charge in [-0.1, -0.05) is 25.1 Å². The number of para-hydroxylation sites is 1. The van der Waals surface area contributed by atoms with Gasteiger partial charge in [0.05, 0.1) is 11.3 Å². The molecule has 4 aliphatic rings. The average molecular weight is 479 g/mol. The van der Waals surface area contributed by atoms with E-state index < -0.39 is 5.60 Å². The molecule has 1 unspecified atom stereocenters. The molecule has 0 bridgehead atoms. The Bertz CT molecular complexity index is 1150. The molecule has 1 N–H and O–H groups in total. The molecular weight excluding hydrogens is 440 g/mol. The number of hydrogen-bond donors (Lipinski definition) is 1. The Kier molecular flexibility index (Phi) is 5.55. The number of Topliss-reactive ketones (excluding diaryl/α,β-unsaturated/α-hetero) is 1. The summed E-state index contributed by atoms with van der Waals surface area (Å²) in [5.74, 6) is 3.60. The highest BCUT2D eigenvalue weighted by Gasteiger charge is 2.58. The van der Waals surface area contributed by atoms with Gasteiger partial charge in [0.25, 0.3) is 0 Å². The summed E-state index contributed by atoms with van der Waals surface area (Å²) in [6, 6.07) is 9.21. The van der Waals surface area contributed by atoms with Crippen molar-refractivity contribution in [2.75, 3.05) is 0 Å². The Hall–Kier alpha value is -2.28. The van der Waals surface area contributed by atoms with Crippen molar-refractivity contribution < 1.29 is 9.90 Å². The fourth-order valence-corrected chi connectivity index (χ4v) is 8.97. The maximum absolute atomic E-state index is 13.6. The number of fused-ring (bicyclic) bond motifs is 5. The van der Waals surface area contributed by atoms with E-state index in [9.17, 15) is 14.7 Å². The Morgan fingerprint density at radius 3 is 2.54 bits per heavy atom. The molecule has 4 fully saturated rings. The number of ketones is 1. The molecule has 0 aliphatic heterocycles. The van der Waals surface area contributed by atoms with Crippen LogP contribution in [0.5, 0.6) is 0 Å². The van der Waals surface area contributed by atoms with Gasteiger partial charge >= 0.3 is 5.69 Å². The third kappa shape index (κ3) is 3.81. The minimum atomic E-state index is -0.484. The minimum Gasteiger partial charge on any atom is -0.390 e. The number of aromatic nitrogens is 4. The summed E-state index contributed by atoms with van der Waals surface area (Å²) in [5, 5.41) is 18.7. The maximum Gasteiger partial charge on any atom is 0.368 e. The third-order valence-corrected chi connectivity index (χ3v) is 10.6. The molecule has 35 heavy (non-hydrogen) atoms. The predicted molar refractivity (Wildman–Crippen MR) is 132 cm³/mol. The van der Waals surface area contributed by atoms with Gasteiger partial charge in [-0.2, -0.15) is 9.36 Å². The Balaban J connectivity index is 1.17. The van der Waals surface area contributed by atoms with Crippen molar-refractivity contribution in [3.05, 3.63) is 40.8 Å². The summed E-state index contributed by atoms with van der Waals surface area (Å²) in [6.45, 7) is 4.38. The van der Waals surface area contributed by atoms with Crippen LogP contribution in [-0.4, -0.2) is 36.3 Å². The van der Waals surface area contributed by atoms with Gasteiger partial charge in [0.15, 0.2) is 5.78 Å². The van der Waals surface area contributed by atoms with Crippen molar-refractivity contribution in [3.63, 3.8) is 0 Å². The lowest BCUT2D eigenvalue weighted by atomic mass is 9.49. The molecule has 8 atom stereocenters. The van der Waals surface area contributed by atoms with E-state index >= 15 is 0 Å². The number of carbonyl (C=O) groups is 1. The first-order valence-electron chi connectivity index (χ1n) is 13.6. The molecule has 188 valence electrons. The van der Waals surface area contributed by atoms with Crippen LogP contribution >= 0.6 is 0 Å². The van der Waals surface area contributed by atoms with Crippen LogP contribution in [0.3, 0.4) is 0 Å². The highest BCUT2D eigenvalue weighted by Crippen LogP contribution is 2.64. The van der Waals surface area contributed by atoms with E-state index in [1.54, 1.807) is 0 Å². The summed E-state index contributed by atoms with van der Waals surface area (Å²) in [7, 11) is 0. The molecule has 0 amide bonds. The first-order valence-corrected chi connectivity index (χ1v) is 13.6. The quantitative estimate of drug-likeness (QED) is 0.717. The summed E-state index contributed by atoms with van der Waals surface area (Å²) in [4.78, 5) is 26.4. The third-order valence-electron chi connectivity index (χ3n) is 10.6. The van der Waals surface area contributed by atoms with Gasteiger partial charge in [0.2, 0.25) is 0 Å². The summed E-state index contributed by atoms with van der Waals surface area (Å²) >= 11 is 0. The molecule has 4 saturated carbocycles. The molecule has 6 rings (SSSR count). The van der Waals surface area contributed by atoms with Gasteiger partial charge in [-0.3, -0.25) is 4.79 Å². The molecule has 0 spiro atoms. The molecular formula is C28H38N4O3. The molecule has 1 aromatic heterocycles. The van der Waals surface area contributed by atoms with Crippen LogP contribution in [0.2, 0.25) is 0 Å². The van der Waals surface area contributed by atoms with Crippen LogP contribution in [0.4, 0.5) is 0 Å². The van der Waals surface area contributed by atoms with Crippen LogP contribution in [0.1, 0.15) is 71.6 Å². The van der Waals surface area contributed by atoms with E-state index in [0.29, 0.717) is 23.4 Å². The molecule has 0 saturated heterocycles. The van der Waals surface area contributed by atoms with Gasteiger partial charge in [0, 0.05) is 5.92 Å². The van der Waals surface area contributed by atoms with Gasteiger partial charge in [-0.15, -0.1) is 0 Å². The van der Waals surface area contributed by atoms with E-state index in [2.05, 4.69) is 17.4 Å². The second-order valence-corrected chi connectivity index (χ2v) is 12.5. The largest absolute Gasteiger partial charge is 0.390 e. The van der Waals surface area contributed by atoms with Gasteiger partial charge in [-0.05, 0) is 122 Å². The Morgan fingerprint density at radius 2 is 1.74 bits per heavy atom. The van der Waals surface area contributed by atoms with Crippen LogP contribution in [0, 0.1) is 40.9 Å². The van der Waals surface area contributed by atoms with Gasteiger partial charge in [0.1, 0.15) is 6.54 Å². The minimum absolute atomic E-state index is 0.00647. The van der Waals surface area contributed by atoms with Crippen LogP contribution in [-0.2, 0) is 11.3 Å². The lowest BCUT2D eigenvalue weighted by molar-refractivity contribution is -0.133. The zero-order valence-corrected chi connectivity index (χ0v) is 21.0. The molecule has 0 radical (unpaired) electrons. The van der Waals surface area contributed by atoms with Crippen LogP contribution in [0.15, 0.2) is 35.1 Å². The monoisotopic (exact) mass is 478 g/mol. The molecule has 4 aliphatic carbocycles. The van der Waals surface area contributed by atoms with E-state index in [1.807, 2.05) is 37.3 Å². The van der Waals surface area contributed by atoms with Crippen molar-refractivity contribution in [2.45, 2.75) is 83.8 Å². The van der Waals surface area contributed by atoms with Crippen molar-refractivity contribution in [2.24, 2.45) is 40.9 Å². The van der Waals surface area contributed by atoms with Crippen LogP contribution in [0.25, 0.3) is 5.69 Å². The smallest absolute Gasteiger partial charge is 0.368 e. The SMILES string of the molecule is C[C@@]1(O)CCC2[C@H](CC[C@@H]3[C@@H]2CC[C@]2(C)[C@@H](C(=O)Cn4nnn(-c5ccccc5)c4=O)CC[C@@H]32)C1. The normalized spacial score (nSPS) is 40.5. The molecule has 2 aromatic rings. The highest BCUT2D eigenvalue weighted by molar-refractivity contribution is 5.82. The molecule has 1 aromatic carbocycles. The number of benzene rings is 1. The van der Waals surface area contributed by atoms with Crippen LogP contribution < -0.4 is 5.69 Å². The van der Waals surface area contributed by atoms with Crippen molar-refractivity contribution in [1.82, 2.24) is 19.8 Å². The molecule has 7 heteroatoms. The van der Waals surface area contributed by atoms with Crippen molar-refractivity contribution >= 4 is 5.78 Å². The van der Waals surface area contributed by atoms with Crippen molar-refractivity contribution in [1.29, 1.82) is 0 Å². The lowest BCUT2D eigenvalue weighted by Crippen LogP contribution is -2.51. The van der Waals surface area contributed by atoms with E-state index in [0.717, 1.165) is 50.4 Å². The number of tetrazole rings is 1. The number of aliphatic hydroxyl groups is 1. The average Bonchev–Trinajstić information content (AvgIpc) is 3.38. The summed E-state index contributed by atoms with van der Waals surface area (Å²) < 4.78 is 2.49. The number of carbonyl (C=O) groups excluding carboxylic acids is 1. The fourth-order valence-electron chi connectivity index (χ4n) is 8.97. The van der Waals surface area contributed by atoms with E-state index in [1.165, 1.54) is 28.6 Å². The second kappa shape index (κ2) is 8.39. The van der Waals surface area contributed by atoms with E-state index in [-0.39, 0.29) is 29.4 Å². The number of nitrogens with zero attached hydrogens (tertiary/aromatic N) is 4. The fraction of sp³-hybridized carbons (Fsp3) is 0.714. The highest BCUT2D eigenvalue weighted by atomic mass is 16.3. The molecule has 7 nitrogen and oxygen atoms in total. The van der Waals surface area contributed by atoms with Gasteiger partial charge < -0.3 is 5.11 Å². The zero-order chi connectivity index (χ0) is 24.4. The standard InChI is InChI=1S/C28H38N4O3/c1-27(35)14-12-20-18(16-27)8-9-22-21(20)13-15-28(2)23(22)10-11-24(28)25(33)17-31-26(34)32(30-29-31)19-6-4-3-5-7-19/h3-7,18,20-24,35H,8-17H2,1-2H3/t18-,20?,21-,22-,23+,24-,27-,28+/m1/s1. The second-order valence-electron chi connectivity index (χ2n) is 12.5. The lowest BCUT2D eigenvalue weighted by Gasteiger charge is -2.56. The number of rotatable bonds is 4. The van der Waals surface area contributed by atoms with Gasteiger partial charge in [-0.25, -0.2) is 4.79 Å². The summed E-state index contributed by atoms with van der Waals surface area (Å²) in [6.07, 6.45) is 9.86. The summed E-state index contributed by atoms with van der Waals surface area (Å²) in [5.41, 5.74) is -0.172. The van der Waals surface area contributed by atoms with Crippen molar-refractivity contribution in [3.8, 4) is 5.69 Å². The van der Waals surface area contributed by atoms with E-state index in [4.69, 9.17) is 0 Å². The Morgan fingerprint density at radius 1 is 0.971 bits per heavy atom. The predicted octanol–water partition coefficient (Wildman–Crippen LogP) is 4.02. The topological polar surface area (TPSA) is 90.0 Å². The maximum atomic E-state index is 13.6. The zero-order valence-electron chi connectivity index (χ0n) is 21.0. The first-order chi connectivity index (χ1) is 16.8.